The van der Waals surface area contributed by atoms with Crippen LogP contribution in [0.2, 0.25) is 0 Å². The molecule has 0 atom stereocenters. The Bertz CT molecular complexity index is 1010. The van der Waals surface area contributed by atoms with Gasteiger partial charge in [0.1, 0.15) is 12.4 Å². The lowest BCUT2D eigenvalue weighted by molar-refractivity contribution is -0.113. The molecule has 1 fully saturated rings. The second kappa shape index (κ2) is 8.96. The number of para-hydroxylation sites is 1. The number of halogens is 1. The van der Waals surface area contributed by atoms with Gasteiger partial charge in [0.05, 0.1) is 15.1 Å². The van der Waals surface area contributed by atoms with E-state index in [2.05, 4.69) is 28.4 Å². The van der Waals surface area contributed by atoms with Gasteiger partial charge >= 0.3 is 0 Å². The molecular formula is C22H16BrNO3S. The summed E-state index contributed by atoms with van der Waals surface area (Å²) >= 11 is 4.42. The summed E-state index contributed by atoms with van der Waals surface area (Å²) in [6.07, 6.45) is 9.32. The smallest absolute Gasteiger partial charge is 0.298 e. The summed E-state index contributed by atoms with van der Waals surface area (Å²) in [4.78, 5) is 26.7. The topological polar surface area (TPSA) is 46.6 Å². The zero-order chi connectivity index (χ0) is 20.1. The van der Waals surface area contributed by atoms with Crippen molar-refractivity contribution in [2.75, 3.05) is 11.5 Å². The van der Waals surface area contributed by atoms with E-state index in [1.165, 1.54) is 4.90 Å². The molecule has 140 valence electrons. The molecule has 0 saturated carbocycles. The third kappa shape index (κ3) is 4.22. The van der Waals surface area contributed by atoms with E-state index in [4.69, 9.17) is 11.2 Å². The van der Waals surface area contributed by atoms with E-state index in [-0.39, 0.29) is 17.8 Å². The first-order valence-corrected chi connectivity index (χ1v) is 9.98. The van der Waals surface area contributed by atoms with Crippen molar-refractivity contribution >= 4 is 50.6 Å². The molecule has 0 aromatic heterocycles. The summed E-state index contributed by atoms with van der Waals surface area (Å²) in [5.74, 6) is 2.75. The number of benzene rings is 2. The second-order valence-electron chi connectivity index (χ2n) is 5.83. The van der Waals surface area contributed by atoms with E-state index in [1.54, 1.807) is 36.4 Å². The van der Waals surface area contributed by atoms with Crippen molar-refractivity contribution in [1.29, 1.82) is 0 Å². The van der Waals surface area contributed by atoms with Gasteiger partial charge in [-0.25, -0.2) is 4.90 Å². The molecule has 0 N–H and O–H groups in total. The molecule has 0 bridgehead atoms. The van der Waals surface area contributed by atoms with Gasteiger partial charge in [0.15, 0.2) is 0 Å². The minimum Gasteiger partial charge on any atom is -0.479 e. The largest absolute Gasteiger partial charge is 0.479 e. The van der Waals surface area contributed by atoms with Crippen LogP contribution in [0.25, 0.3) is 6.08 Å². The number of hydrogen-bond donors (Lipinski definition) is 0. The van der Waals surface area contributed by atoms with Crippen molar-refractivity contribution in [3.8, 4) is 18.1 Å². The molecule has 3 rings (SSSR count). The monoisotopic (exact) mass is 453 g/mol. The molecule has 0 radical (unpaired) electrons. The van der Waals surface area contributed by atoms with Crippen LogP contribution < -0.4 is 9.64 Å². The van der Waals surface area contributed by atoms with Crippen molar-refractivity contribution in [2.45, 2.75) is 6.42 Å². The SMILES string of the molecule is C#CCOc1c(Br)cc(/C=C2\SC(=O)N(c3ccccc3)C2=O)cc1CC=C. The Hall–Kier alpha value is -2.75. The summed E-state index contributed by atoms with van der Waals surface area (Å²) in [5.41, 5.74) is 2.21. The number of amides is 2. The number of carbonyl (C=O) groups is 2. The van der Waals surface area contributed by atoms with Crippen molar-refractivity contribution in [3.63, 3.8) is 0 Å². The zero-order valence-corrected chi connectivity index (χ0v) is 17.3. The molecule has 1 aliphatic rings. The number of nitrogens with zero attached hydrogens (tertiary/aromatic N) is 1. The third-order valence-electron chi connectivity index (χ3n) is 3.91. The van der Waals surface area contributed by atoms with Crippen LogP contribution in [0.5, 0.6) is 5.75 Å². The Labute approximate surface area is 176 Å². The van der Waals surface area contributed by atoms with Crippen molar-refractivity contribution in [2.24, 2.45) is 0 Å². The first kappa shape index (κ1) is 20.0. The van der Waals surface area contributed by atoms with Gasteiger partial charge < -0.3 is 4.74 Å². The summed E-state index contributed by atoms with van der Waals surface area (Å²) in [5, 5.41) is -0.318. The predicted octanol–water partition coefficient (Wildman–Crippen LogP) is 5.43. The van der Waals surface area contributed by atoms with Crippen LogP contribution in [0.3, 0.4) is 0 Å². The molecular weight excluding hydrogens is 438 g/mol. The van der Waals surface area contributed by atoms with Gasteiger partial charge in [-0.3, -0.25) is 9.59 Å². The van der Waals surface area contributed by atoms with Gasteiger partial charge in [0, 0.05) is 0 Å². The summed E-state index contributed by atoms with van der Waals surface area (Å²) in [6, 6.07) is 12.6. The lowest BCUT2D eigenvalue weighted by Crippen LogP contribution is -2.27. The molecule has 2 amide bonds. The van der Waals surface area contributed by atoms with Crippen LogP contribution in [0.1, 0.15) is 11.1 Å². The summed E-state index contributed by atoms with van der Waals surface area (Å²) < 4.78 is 6.34. The number of thioether (sulfide) groups is 1. The minimum atomic E-state index is -0.338. The first-order valence-electron chi connectivity index (χ1n) is 8.37. The van der Waals surface area contributed by atoms with Crippen molar-refractivity contribution in [1.82, 2.24) is 0 Å². The second-order valence-corrected chi connectivity index (χ2v) is 7.68. The Morgan fingerprint density at radius 3 is 2.68 bits per heavy atom. The first-order chi connectivity index (χ1) is 13.5. The minimum absolute atomic E-state index is 0.151. The van der Waals surface area contributed by atoms with E-state index in [0.29, 0.717) is 22.8 Å². The number of imide groups is 1. The fourth-order valence-corrected chi connectivity index (χ4v) is 4.23. The lowest BCUT2D eigenvalue weighted by Gasteiger charge is -2.13. The summed E-state index contributed by atoms with van der Waals surface area (Å²) in [6.45, 7) is 3.92. The molecule has 2 aromatic carbocycles. The number of hydrogen-bond acceptors (Lipinski definition) is 4. The number of ether oxygens (including phenoxy) is 1. The zero-order valence-electron chi connectivity index (χ0n) is 14.9. The fourth-order valence-electron chi connectivity index (χ4n) is 2.76. The van der Waals surface area contributed by atoms with Gasteiger partial charge in [0.2, 0.25) is 0 Å². The number of anilines is 1. The van der Waals surface area contributed by atoms with Crippen LogP contribution in [-0.4, -0.2) is 17.8 Å². The third-order valence-corrected chi connectivity index (χ3v) is 5.37. The highest BCUT2D eigenvalue weighted by Crippen LogP contribution is 2.37. The van der Waals surface area contributed by atoms with Gasteiger partial charge in [-0.1, -0.05) is 30.2 Å². The average Bonchev–Trinajstić information content (AvgIpc) is 2.95. The maximum atomic E-state index is 12.8. The van der Waals surface area contributed by atoms with Crippen LogP contribution >= 0.6 is 27.7 Å². The molecule has 4 nitrogen and oxygen atoms in total. The molecule has 2 aromatic rings. The van der Waals surface area contributed by atoms with Gasteiger partial charge in [-0.2, -0.15) is 0 Å². The highest BCUT2D eigenvalue weighted by molar-refractivity contribution is 9.10. The Morgan fingerprint density at radius 2 is 2.00 bits per heavy atom. The van der Waals surface area contributed by atoms with E-state index in [1.807, 2.05) is 18.2 Å². The van der Waals surface area contributed by atoms with Crippen LogP contribution in [0, 0.1) is 12.3 Å². The molecule has 0 unspecified atom stereocenters. The molecule has 0 aliphatic carbocycles. The number of rotatable bonds is 6. The van der Waals surface area contributed by atoms with E-state index in [0.717, 1.165) is 27.4 Å². The summed E-state index contributed by atoms with van der Waals surface area (Å²) in [7, 11) is 0. The maximum Gasteiger partial charge on any atom is 0.298 e. The lowest BCUT2D eigenvalue weighted by atomic mass is 10.1. The predicted molar refractivity (Wildman–Crippen MR) is 117 cm³/mol. The van der Waals surface area contributed by atoms with E-state index in [9.17, 15) is 9.59 Å². The standard InChI is InChI=1S/C22H16BrNO3S/c1-3-8-16-12-15(13-18(23)20(16)27-11-4-2)14-19-21(25)24(22(26)28-19)17-9-6-5-7-10-17/h2-3,5-7,9-10,12-14H,1,8,11H2/b19-14-. The Kier molecular flexibility index (Phi) is 6.40. The molecule has 0 spiro atoms. The number of allylic oxidation sites excluding steroid dienone is 1. The highest BCUT2D eigenvalue weighted by Gasteiger charge is 2.36. The van der Waals surface area contributed by atoms with E-state index < -0.39 is 0 Å². The van der Waals surface area contributed by atoms with Crippen LogP contribution in [0.4, 0.5) is 10.5 Å². The molecule has 6 heteroatoms. The van der Waals surface area contributed by atoms with Crippen molar-refractivity contribution < 1.29 is 14.3 Å². The molecule has 1 heterocycles. The van der Waals surface area contributed by atoms with Gasteiger partial charge in [0.25, 0.3) is 11.1 Å². The molecule has 1 saturated heterocycles. The van der Waals surface area contributed by atoms with Crippen LogP contribution in [0.15, 0.2) is 64.5 Å². The highest BCUT2D eigenvalue weighted by atomic mass is 79.9. The van der Waals surface area contributed by atoms with Crippen LogP contribution in [-0.2, 0) is 11.2 Å². The molecule has 1 aliphatic heterocycles. The average molecular weight is 454 g/mol. The maximum absolute atomic E-state index is 12.8. The normalized spacial score (nSPS) is 15.0. The molecule has 28 heavy (non-hydrogen) atoms. The Balaban J connectivity index is 1.95. The fraction of sp³-hybridized carbons (Fsp3) is 0.0909. The number of carbonyl (C=O) groups excluding carboxylic acids is 2. The van der Waals surface area contributed by atoms with Gasteiger partial charge in [-0.05, 0) is 75.6 Å². The van der Waals surface area contributed by atoms with Crippen molar-refractivity contribution in [3.05, 3.63) is 75.6 Å². The van der Waals surface area contributed by atoms with Gasteiger partial charge in [-0.15, -0.1) is 13.0 Å². The van der Waals surface area contributed by atoms with E-state index >= 15 is 0 Å². The quantitative estimate of drug-likeness (QED) is 0.332. The number of terminal acetylenes is 1. The Morgan fingerprint density at radius 1 is 1.25 bits per heavy atom.